The number of nitrogens with one attached hydrogen (secondary N) is 1. The fourth-order valence-electron chi connectivity index (χ4n) is 1.90. The molecule has 1 fully saturated rings. The van der Waals surface area contributed by atoms with Gasteiger partial charge in [0, 0.05) is 11.6 Å². The second-order valence-electron chi connectivity index (χ2n) is 4.75. The van der Waals surface area contributed by atoms with Gasteiger partial charge in [0.05, 0.1) is 5.02 Å². The molecule has 5 nitrogen and oxygen atoms in total. The molecule has 104 valence electrons. The fourth-order valence-corrected chi connectivity index (χ4v) is 3.03. The summed E-state index contributed by atoms with van der Waals surface area (Å²) in [6, 6.07) is 2.96. The van der Waals surface area contributed by atoms with Gasteiger partial charge in [0.25, 0.3) is 5.91 Å². The van der Waals surface area contributed by atoms with Gasteiger partial charge in [-0.2, -0.15) is 0 Å². The standard InChI is InChI=1S/C12H15ClN2O3S/c1-7-5-8(12(16)15-9-3-2-4-9)6-10(11(7)13)19(14,17)18/h5-6,9H,2-4H2,1H3,(H,15,16)(H2,14,17,18). The van der Waals surface area contributed by atoms with Crippen LogP contribution in [0.2, 0.25) is 5.02 Å². The third-order valence-corrected chi connectivity index (χ3v) is 4.78. The van der Waals surface area contributed by atoms with E-state index in [1.807, 2.05) is 0 Å². The molecule has 0 heterocycles. The minimum Gasteiger partial charge on any atom is -0.349 e. The number of hydrogen-bond donors (Lipinski definition) is 2. The molecule has 0 unspecified atom stereocenters. The van der Waals surface area contributed by atoms with E-state index >= 15 is 0 Å². The zero-order chi connectivity index (χ0) is 14.2. The summed E-state index contributed by atoms with van der Waals surface area (Å²) in [5.74, 6) is -0.297. The molecule has 1 aromatic rings. The molecule has 19 heavy (non-hydrogen) atoms. The Balaban J connectivity index is 2.36. The van der Waals surface area contributed by atoms with Crippen LogP contribution in [0.25, 0.3) is 0 Å². The van der Waals surface area contributed by atoms with Crippen LogP contribution in [0.1, 0.15) is 35.2 Å². The Labute approximate surface area is 117 Å². The van der Waals surface area contributed by atoms with Crippen molar-refractivity contribution in [3.63, 3.8) is 0 Å². The van der Waals surface area contributed by atoms with E-state index < -0.39 is 10.0 Å². The normalized spacial score (nSPS) is 15.9. The molecule has 1 aliphatic carbocycles. The molecular weight excluding hydrogens is 288 g/mol. The second-order valence-corrected chi connectivity index (χ2v) is 6.66. The average molecular weight is 303 g/mol. The molecule has 0 aromatic heterocycles. The predicted molar refractivity (Wildman–Crippen MR) is 72.7 cm³/mol. The molecule has 1 aliphatic rings. The Bertz CT molecular complexity index is 624. The van der Waals surface area contributed by atoms with Gasteiger partial charge >= 0.3 is 0 Å². The van der Waals surface area contributed by atoms with Crippen LogP contribution in [-0.2, 0) is 10.0 Å². The number of aryl methyl sites for hydroxylation is 1. The number of benzene rings is 1. The Morgan fingerprint density at radius 2 is 2.05 bits per heavy atom. The summed E-state index contributed by atoms with van der Waals surface area (Å²) >= 11 is 5.91. The molecule has 0 atom stereocenters. The van der Waals surface area contributed by atoms with Crippen LogP contribution in [0.15, 0.2) is 17.0 Å². The Morgan fingerprint density at radius 3 is 2.53 bits per heavy atom. The van der Waals surface area contributed by atoms with Gasteiger partial charge in [-0.25, -0.2) is 13.6 Å². The van der Waals surface area contributed by atoms with Crippen molar-refractivity contribution in [2.24, 2.45) is 5.14 Å². The van der Waals surface area contributed by atoms with Crippen LogP contribution < -0.4 is 10.5 Å². The van der Waals surface area contributed by atoms with Crippen LogP contribution in [0.4, 0.5) is 0 Å². The van der Waals surface area contributed by atoms with Crippen molar-refractivity contribution in [2.45, 2.75) is 37.1 Å². The number of nitrogens with two attached hydrogens (primary N) is 1. The molecule has 1 saturated carbocycles. The van der Waals surface area contributed by atoms with E-state index in [-0.39, 0.29) is 27.4 Å². The molecule has 0 spiro atoms. The molecular formula is C12H15ClN2O3S. The zero-order valence-corrected chi connectivity index (χ0v) is 12.0. The molecule has 1 aromatic carbocycles. The number of primary sulfonamides is 1. The van der Waals surface area contributed by atoms with E-state index in [9.17, 15) is 13.2 Å². The quantitative estimate of drug-likeness (QED) is 0.888. The van der Waals surface area contributed by atoms with Crippen molar-refractivity contribution in [1.29, 1.82) is 0 Å². The largest absolute Gasteiger partial charge is 0.349 e. The Morgan fingerprint density at radius 1 is 1.42 bits per heavy atom. The van der Waals surface area contributed by atoms with Gasteiger partial charge in [0.2, 0.25) is 10.0 Å². The average Bonchev–Trinajstić information content (AvgIpc) is 2.25. The maximum absolute atomic E-state index is 12.0. The van der Waals surface area contributed by atoms with Crippen molar-refractivity contribution in [1.82, 2.24) is 5.32 Å². The van der Waals surface area contributed by atoms with Gasteiger partial charge in [0.15, 0.2) is 0 Å². The first-order valence-corrected chi connectivity index (χ1v) is 7.85. The van der Waals surface area contributed by atoms with Gasteiger partial charge in [0.1, 0.15) is 4.90 Å². The third-order valence-electron chi connectivity index (χ3n) is 3.23. The van der Waals surface area contributed by atoms with Crippen LogP contribution in [-0.4, -0.2) is 20.4 Å². The van der Waals surface area contributed by atoms with E-state index in [1.165, 1.54) is 6.07 Å². The minimum atomic E-state index is -3.94. The Hall–Kier alpha value is -1.11. The number of amides is 1. The molecule has 7 heteroatoms. The molecule has 1 amide bonds. The van der Waals surface area contributed by atoms with E-state index in [1.54, 1.807) is 13.0 Å². The lowest BCUT2D eigenvalue weighted by atomic mass is 9.93. The lowest BCUT2D eigenvalue weighted by Gasteiger charge is -2.26. The van der Waals surface area contributed by atoms with Crippen LogP contribution in [0.5, 0.6) is 0 Å². The van der Waals surface area contributed by atoms with Gasteiger partial charge in [-0.05, 0) is 43.9 Å². The number of carbonyl (C=O) groups is 1. The van der Waals surface area contributed by atoms with Crippen LogP contribution in [0, 0.1) is 6.92 Å². The Kier molecular flexibility index (Phi) is 3.85. The lowest BCUT2D eigenvalue weighted by Crippen LogP contribution is -2.39. The van der Waals surface area contributed by atoms with Crippen LogP contribution in [0.3, 0.4) is 0 Å². The van der Waals surface area contributed by atoms with Crippen molar-refractivity contribution < 1.29 is 13.2 Å². The first-order chi connectivity index (χ1) is 8.79. The monoisotopic (exact) mass is 302 g/mol. The summed E-state index contributed by atoms with van der Waals surface area (Å²) in [7, 11) is -3.94. The highest BCUT2D eigenvalue weighted by Gasteiger charge is 2.22. The summed E-state index contributed by atoms with van der Waals surface area (Å²) in [6.07, 6.45) is 3.02. The predicted octanol–water partition coefficient (Wildman–Crippen LogP) is 1.58. The topological polar surface area (TPSA) is 89.3 Å². The van der Waals surface area contributed by atoms with Crippen molar-refractivity contribution in [2.75, 3.05) is 0 Å². The highest BCUT2D eigenvalue weighted by Crippen LogP contribution is 2.26. The number of halogens is 1. The van der Waals surface area contributed by atoms with Crippen molar-refractivity contribution in [3.8, 4) is 0 Å². The second kappa shape index (κ2) is 5.11. The smallest absolute Gasteiger partial charge is 0.251 e. The highest BCUT2D eigenvalue weighted by atomic mass is 35.5. The highest BCUT2D eigenvalue weighted by molar-refractivity contribution is 7.89. The first kappa shape index (κ1) is 14.3. The fraction of sp³-hybridized carbons (Fsp3) is 0.417. The van der Waals surface area contributed by atoms with Gasteiger partial charge in [-0.15, -0.1) is 0 Å². The van der Waals surface area contributed by atoms with Gasteiger partial charge in [-0.1, -0.05) is 11.6 Å². The van der Waals surface area contributed by atoms with Crippen molar-refractivity contribution in [3.05, 3.63) is 28.3 Å². The number of hydrogen-bond acceptors (Lipinski definition) is 3. The minimum absolute atomic E-state index is 0.0581. The van der Waals surface area contributed by atoms with Gasteiger partial charge in [-0.3, -0.25) is 4.79 Å². The van der Waals surface area contributed by atoms with E-state index in [0.29, 0.717) is 5.56 Å². The van der Waals surface area contributed by atoms with Crippen LogP contribution >= 0.6 is 11.6 Å². The molecule has 0 bridgehead atoms. The number of carbonyl (C=O) groups excluding carboxylic acids is 1. The third kappa shape index (κ3) is 3.08. The zero-order valence-electron chi connectivity index (χ0n) is 10.4. The summed E-state index contributed by atoms with van der Waals surface area (Å²) in [5, 5.41) is 7.99. The summed E-state index contributed by atoms with van der Waals surface area (Å²) < 4.78 is 22.9. The van der Waals surface area contributed by atoms with E-state index in [4.69, 9.17) is 16.7 Å². The molecule has 0 aliphatic heterocycles. The van der Waals surface area contributed by atoms with E-state index in [2.05, 4.69) is 5.32 Å². The van der Waals surface area contributed by atoms with E-state index in [0.717, 1.165) is 19.3 Å². The molecule has 2 rings (SSSR count). The maximum atomic E-state index is 12.0. The first-order valence-electron chi connectivity index (χ1n) is 5.93. The molecule has 0 saturated heterocycles. The lowest BCUT2D eigenvalue weighted by molar-refractivity contribution is 0.0916. The number of sulfonamides is 1. The number of rotatable bonds is 3. The SMILES string of the molecule is Cc1cc(C(=O)NC2CCC2)cc(S(N)(=O)=O)c1Cl. The summed E-state index contributed by atoms with van der Waals surface area (Å²) in [6.45, 7) is 1.64. The van der Waals surface area contributed by atoms with Gasteiger partial charge < -0.3 is 5.32 Å². The maximum Gasteiger partial charge on any atom is 0.251 e. The summed E-state index contributed by atoms with van der Waals surface area (Å²) in [5.41, 5.74) is 0.768. The molecule has 0 radical (unpaired) electrons. The molecule has 3 N–H and O–H groups in total. The van der Waals surface area contributed by atoms with Crippen molar-refractivity contribution >= 4 is 27.5 Å². The summed E-state index contributed by atoms with van der Waals surface area (Å²) in [4.78, 5) is 11.8.